The van der Waals surface area contributed by atoms with Gasteiger partial charge in [-0.05, 0) is 18.2 Å². The van der Waals surface area contributed by atoms with Crippen LogP contribution < -0.4 is 4.72 Å². The van der Waals surface area contributed by atoms with Crippen LogP contribution in [0.4, 0.5) is 19.1 Å². The number of benzene rings is 1. The first kappa shape index (κ1) is 15.4. The topological polar surface area (TPSA) is 79.8 Å². The largest absolute Gasteiger partial charge is 0.431 e. The lowest BCUT2D eigenvalue weighted by Gasteiger charge is -2.06. The van der Waals surface area contributed by atoms with Gasteiger partial charge in [0, 0.05) is 13.2 Å². The fraction of sp³-hybridized carbons (Fsp3) is 0.154. The van der Waals surface area contributed by atoms with Crippen molar-refractivity contribution in [3.63, 3.8) is 0 Å². The first-order chi connectivity index (χ1) is 10.7. The highest BCUT2D eigenvalue weighted by Crippen LogP contribution is 2.30. The molecular weight excluding hydrogens is 333 g/mol. The number of H-pyrrole nitrogens is 1. The van der Waals surface area contributed by atoms with E-state index in [2.05, 4.69) is 9.71 Å². The molecule has 3 rings (SSSR count). The van der Waals surface area contributed by atoms with Crippen molar-refractivity contribution in [2.24, 2.45) is 7.05 Å². The number of anilines is 1. The molecule has 0 spiro atoms. The van der Waals surface area contributed by atoms with E-state index in [1.165, 1.54) is 4.57 Å². The zero-order valence-electron chi connectivity index (χ0n) is 11.7. The van der Waals surface area contributed by atoms with Crippen molar-refractivity contribution in [1.82, 2.24) is 14.5 Å². The van der Waals surface area contributed by atoms with Crippen LogP contribution in [0.15, 0.2) is 41.4 Å². The number of alkyl halides is 3. The molecule has 2 heterocycles. The Kier molecular flexibility index (Phi) is 3.36. The Morgan fingerprint density at radius 3 is 2.57 bits per heavy atom. The Morgan fingerprint density at radius 1 is 1.26 bits per heavy atom. The molecule has 122 valence electrons. The summed E-state index contributed by atoms with van der Waals surface area (Å²) >= 11 is 0. The third-order valence-electron chi connectivity index (χ3n) is 3.29. The molecule has 0 aliphatic carbocycles. The normalized spacial score (nSPS) is 12.7. The first-order valence-corrected chi connectivity index (χ1v) is 7.87. The minimum Gasteiger partial charge on any atom is -0.356 e. The minimum absolute atomic E-state index is 0.0148. The number of sulfonamides is 1. The third kappa shape index (κ3) is 2.77. The molecule has 0 saturated heterocycles. The lowest BCUT2D eigenvalue weighted by molar-refractivity contribution is -0.140. The summed E-state index contributed by atoms with van der Waals surface area (Å²) in [4.78, 5) is 5.51. The second kappa shape index (κ2) is 5.01. The molecule has 0 amide bonds. The van der Waals surface area contributed by atoms with E-state index in [9.17, 15) is 21.6 Å². The second-order valence-electron chi connectivity index (χ2n) is 4.84. The van der Waals surface area contributed by atoms with Crippen molar-refractivity contribution in [3.8, 4) is 0 Å². The van der Waals surface area contributed by atoms with Crippen molar-refractivity contribution in [2.75, 3.05) is 4.72 Å². The maximum atomic E-state index is 12.6. The Balaban J connectivity index is 1.97. The summed E-state index contributed by atoms with van der Waals surface area (Å²) in [6.07, 6.45) is -3.86. The molecule has 1 aromatic carbocycles. The number of hydrogen-bond donors (Lipinski definition) is 2. The fourth-order valence-corrected chi connectivity index (χ4v) is 3.14. The van der Waals surface area contributed by atoms with Crippen LogP contribution in [0.1, 0.15) is 5.69 Å². The number of para-hydroxylation sites is 2. The molecule has 0 radical (unpaired) electrons. The average Bonchev–Trinajstić information content (AvgIpc) is 3.06. The molecule has 2 N–H and O–H groups in total. The van der Waals surface area contributed by atoms with E-state index in [1.54, 1.807) is 31.3 Å². The SMILES string of the molecule is Cn1c(NS(=O)(=O)c2c[nH]c(C(F)(F)F)c2)nc2ccccc21. The molecule has 23 heavy (non-hydrogen) atoms. The van der Waals surface area contributed by atoms with Crippen LogP contribution >= 0.6 is 0 Å². The zero-order chi connectivity index (χ0) is 16.8. The highest BCUT2D eigenvalue weighted by molar-refractivity contribution is 7.92. The van der Waals surface area contributed by atoms with Gasteiger partial charge in [-0.3, -0.25) is 0 Å². The van der Waals surface area contributed by atoms with E-state index in [0.717, 1.165) is 6.20 Å². The maximum Gasteiger partial charge on any atom is 0.431 e. The number of imidazole rings is 1. The van der Waals surface area contributed by atoms with Crippen LogP contribution in [0.2, 0.25) is 0 Å². The summed E-state index contributed by atoms with van der Waals surface area (Å²) in [6, 6.07) is 7.49. The molecule has 0 unspecified atom stereocenters. The summed E-state index contributed by atoms with van der Waals surface area (Å²) in [7, 11) is -2.58. The summed E-state index contributed by atoms with van der Waals surface area (Å²) in [5, 5.41) is 0. The molecule has 0 atom stereocenters. The first-order valence-electron chi connectivity index (χ1n) is 6.38. The van der Waals surface area contributed by atoms with Gasteiger partial charge in [-0.1, -0.05) is 12.1 Å². The van der Waals surface area contributed by atoms with Crippen molar-refractivity contribution in [1.29, 1.82) is 0 Å². The Hall–Kier alpha value is -2.49. The number of aromatic nitrogens is 3. The Labute approximate surface area is 129 Å². The van der Waals surface area contributed by atoms with Gasteiger partial charge >= 0.3 is 6.18 Å². The van der Waals surface area contributed by atoms with Crippen LogP contribution in [0, 0.1) is 0 Å². The smallest absolute Gasteiger partial charge is 0.356 e. The quantitative estimate of drug-likeness (QED) is 0.767. The molecule has 0 aliphatic heterocycles. The number of nitrogens with one attached hydrogen (secondary N) is 2. The van der Waals surface area contributed by atoms with Gasteiger partial charge in [-0.25, -0.2) is 18.1 Å². The monoisotopic (exact) mass is 344 g/mol. The predicted molar refractivity (Wildman–Crippen MR) is 77.3 cm³/mol. The van der Waals surface area contributed by atoms with Crippen molar-refractivity contribution in [2.45, 2.75) is 11.1 Å². The molecule has 0 bridgehead atoms. The molecule has 2 aromatic heterocycles. The summed E-state index contributed by atoms with van der Waals surface area (Å²) in [5.41, 5.74) is 0.121. The summed E-state index contributed by atoms with van der Waals surface area (Å²) in [5.74, 6) is 0.0148. The summed E-state index contributed by atoms with van der Waals surface area (Å²) < 4.78 is 65.8. The second-order valence-corrected chi connectivity index (χ2v) is 6.52. The molecule has 0 saturated carbocycles. The lowest BCUT2D eigenvalue weighted by Crippen LogP contribution is -2.15. The van der Waals surface area contributed by atoms with Crippen LogP contribution in [0.5, 0.6) is 0 Å². The number of rotatable bonds is 3. The molecule has 3 aromatic rings. The van der Waals surface area contributed by atoms with Crippen LogP contribution in [0.25, 0.3) is 11.0 Å². The number of hydrogen-bond acceptors (Lipinski definition) is 3. The maximum absolute atomic E-state index is 12.6. The van der Waals surface area contributed by atoms with E-state index in [4.69, 9.17) is 0 Å². The van der Waals surface area contributed by atoms with Crippen molar-refractivity contribution < 1.29 is 21.6 Å². The Bertz CT molecular complexity index is 973. The average molecular weight is 344 g/mol. The number of nitrogens with zero attached hydrogens (tertiary/aromatic N) is 2. The van der Waals surface area contributed by atoms with Gasteiger partial charge in [-0.2, -0.15) is 13.2 Å². The van der Waals surface area contributed by atoms with Gasteiger partial charge < -0.3 is 9.55 Å². The molecule has 10 heteroatoms. The molecule has 6 nitrogen and oxygen atoms in total. The van der Waals surface area contributed by atoms with E-state index >= 15 is 0 Å². The van der Waals surface area contributed by atoms with E-state index in [1.807, 2.05) is 4.98 Å². The van der Waals surface area contributed by atoms with E-state index < -0.39 is 26.8 Å². The number of aromatic amines is 1. The van der Waals surface area contributed by atoms with Gasteiger partial charge in [0.25, 0.3) is 10.0 Å². The zero-order valence-corrected chi connectivity index (χ0v) is 12.5. The van der Waals surface area contributed by atoms with Gasteiger partial charge in [0.15, 0.2) is 0 Å². The lowest BCUT2D eigenvalue weighted by atomic mass is 10.3. The van der Waals surface area contributed by atoms with Gasteiger partial charge in [0.05, 0.1) is 11.0 Å². The van der Waals surface area contributed by atoms with Gasteiger partial charge in [0.2, 0.25) is 5.95 Å². The highest BCUT2D eigenvalue weighted by Gasteiger charge is 2.34. The number of aryl methyl sites for hydroxylation is 1. The van der Waals surface area contributed by atoms with Crippen molar-refractivity contribution in [3.05, 3.63) is 42.2 Å². The van der Waals surface area contributed by atoms with Gasteiger partial charge in [-0.15, -0.1) is 0 Å². The summed E-state index contributed by atoms with van der Waals surface area (Å²) in [6.45, 7) is 0. The van der Waals surface area contributed by atoms with E-state index in [-0.39, 0.29) is 5.95 Å². The van der Waals surface area contributed by atoms with Crippen molar-refractivity contribution >= 4 is 27.0 Å². The fourth-order valence-electron chi connectivity index (χ4n) is 2.11. The molecule has 0 fully saturated rings. The number of fused-ring (bicyclic) bond motifs is 1. The molecule has 0 aliphatic rings. The van der Waals surface area contributed by atoms with Crippen LogP contribution in [-0.4, -0.2) is 23.0 Å². The molecular formula is C13H11F3N4O2S. The highest BCUT2D eigenvalue weighted by atomic mass is 32.2. The standard InChI is InChI=1S/C13H11F3N4O2S/c1-20-10-5-3-2-4-9(10)18-12(20)19-23(21,22)8-6-11(17-7-8)13(14,15)16/h2-7,17H,1H3,(H,18,19). The van der Waals surface area contributed by atoms with Crippen LogP contribution in [-0.2, 0) is 23.2 Å². The minimum atomic E-state index is -4.65. The van der Waals surface area contributed by atoms with Gasteiger partial charge in [0.1, 0.15) is 10.6 Å². The van der Waals surface area contributed by atoms with Crippen LogP contribution in [0.3, 0.4) is 0 Å². The van der Waals surface area contributed by atoms with E-state index in [0.29, 0.717) is 17.1 Å². The Morgan fingerprint density at radius 2 is 1.96 bits per heavy atom. The third-order valence-corrected chi connectivity index (χ3v) is 4.59. The number of halogens is 3. The predicted octanol–water partition coefficient (Wildman–Crippen LogP) is 2.72.